The number of nitrogens with zero attached hydrogens (tertiary/aromatic N) is 2. The molecular weight excluding hydrogens is 796 g/mol. The first-order chi connectivity index (χ1) is 28.3. The van der Waals surface area contributed by atoms with Gasteiger partial charge in [-0.3, -0.25) is 33.8 Å². The number of aliphatic carboxylic acids is 1. The van der Waals surface area contributed by atoms with Crippen molar-refractivity contribution in [1.29, 1.82) is 0 Å². The van der Waals surface area contributed by atoms with Crippen LogP contribution < -0.4 is 49.1 Å². The number of aromatic amines is 1. The largest absolute Gasteiger partial charge is 0.508 e. The number of nitrogens with one attached hydrogen (secondary N) is 7. The van der Waals surface area contributed by atoms with Crippen molar-refractivity contribution in [3.63, 3.8) is 0 Å². The van der Waals surface area contributed by atoms with Crippen molar-refractivity contribution in [2.75, 3.05) is 19.8 Å². The van der Waals surface area contributed by atoms with Crippen molar-refractivity contribution in [3.8, 4) is 5.75 Å². The number of aromatic hydroxyl groups is 1. The predicted molar refractivity (Wildman–Crippen MR) is 209 cm³/mol. The zero-order valence-corrected chi connectivity index (χ0v) is 32.8. The molecule has 25 nitrogen and oxygen atoms in total. The van der Waals surface area contributed by atoms with Crippen LogP contribution >= 0.6 is 0 Å². The summed E-state index contributed by atoms with van der Waals surface area (Å²) in [7, 11) is 0. The number of H-pyrrole nitrogens is 1. The second-order valence-corrected chi connectivity index (χ2v) is 13.6. The zero-order valence-electron chi connectivity index (χ0n) is 32.8. The minimum atomic E-state index is -1.82. The number of aliphatic hydroxyl groups is 4. The number of phenols is 1. The van der Waals surface area contributed by atoms with Crippen LogP contribution in [0.4, 0.5) is 0 Å². The van der Waals surface area contributed by atoms with Gasteiger partial charge in [-0.25, -0.2) is 9.78 Å². The van der Waals surface area contributed by atoms with Gasteiger partial charge in [0.15, 0.2) is 5.96 Å². The number of carbonyl (C=O) groups is 7. The highest BCUT2D eigenvalue weighted by atomic mass is 16.4. The van der Waals surface area contributed by atoms with Gasteiger partial charge in [-0.15, -0.1) is 0 Å². The molecule has 332 valence electrons. The average molecular weight is 851 g/mol. The first-order valence-corrected chi connectivity index (χ1v) is 18.5. The van der Waals surface area contributed by atoms with Crippen molar-refractivity contribution in [2.24, 2.45) is 22.2 Å². The van der Waals surface area contributed by atoms with Crippen molar-refractivity contribution >= 4 is 47.4 Å². The number of aliphatic imine (C=N–C) groups is 1. The maximum absolute atomic E-state index is 13.6. The summed E-state index contributed by atoms with van der Waals surface area (Å²) in [5.74, 6) is -8.21. The Hall–Kier alpha value is -6.41. The lowest BCUT2D eigenvalue weighted by molar-refractivity contribution is -0.143. The summed E-state index contributed by atoms with van der Waals surface area (Å²) < 4.78 is 0. The van der Waals surface area contributed by atoms with Crippen LogP contribution in [0.15, 0.2) is 41.8 Å². The summed E-state index contributed by atoms with van der Waals surface area (Å²) in [5, 5.41) is 73.1. The molecule has 0 spiro atoms. The molecule has 19 N–H and O–H groups in total. The van der Waals surface area contributed by atoms with E-state index in [-0.39, 0.29) is 49.6 Å². The molecule has 0 saturated heterocycles. The summed E-state index contributed by atoms with van der Waals surface area (Å²) in [6.07, 6.45) is -1.01. The standard InChI is InChI=1S/C35H54N12O13/c1-16(50)26(32(57)42-22(34(59)60)4-3-9-40-35(37)38)46-31(56)25(14-49)45-29(54)23(11-19-12-39-15-41-19)43-33(58)27(17(2)51)47-30(55)24(13-48)44-28(53)21(36)10-18-5-7-20(52)8-6-18/h5-8,12,15-17,21-27,48-52H,3-4,9-11,13-14,36H2,1-2H3,(H,39,41)(H,42,57)(H,43,58)(H,44,53)(H,45,54)(H,46,56)(H,47,55)(H,59,60)(H4,37,38,40)/t16-,17-,21+,22+,23+,24+,25+,26+,27+/m1/s1. The van der Waals surface area contributed by atoms with E-state index in [0.29, 0.717) is 5.56 Å². The van der Waals surface area contributed by atoms with Crippen LogP contribution in [0.2, 0.25) is 0 Å². The van der Waals surface area contributed by atoms with Gasteiger partial charge in [-0.2, -0.15) is 0 Å². The van der Waals surface area contributed by atoms with Gasteiger partial charge in [0.05, 0.1) is 37.8 Å². The molecule has 60 heavy (non-hydrogen) atoms. The molecule has 9 atom stereocenters. The Bertz CT molecular complexity index is 1770. The van der Waals surface area contributed by atoms with Gasteiger partial charge in [0.25, 0.3) is 0 Å². The van der Waals surface area contributed by atoms with Crippen LogP contribution in [0.1, 0.15) is 37.9 Å². The number of aliphatic hydroxyl groups excluding tert-OH is 4. The van der Waals surface area contributed by atoms with Crippen LogP contribution in [-0.4, -0.2) is 162 Å². The van der Waals surface area contributed by atoms with E-state index in [1.54, 1.807) is 0 Å². The van der Waals surface area contributed by atoms with Crippen LogP contribution in [0.3, 0.4) is 0 Å². The molecule has 1 heterocycles. The minimum absolute atomic E-state index is 0.00347. The number of rotatable bonds is 25. The summed E-state index contributed by atoms with van der Waals surface area (Å²) in [6.45, 7) is 0.269. The van der Waals surface area contributed by atoms with Crippen molar-refractivity contribution in [2.45, 2.75) is 94.0 Å². The Labute approximate surface area is 343 Å². The number of benzene rings is 1. The van der Waals surface area contributed by atoms with E-state index in [9.17, 15) is 64.2 Å². The third-order valence-corrected chi connectivity index (χ3v) is 8.66. The number of imidazole rings is 1. The minimum Gasteiger partial charge on any atom is -0.508 e. The van der Waals surface area contributed by atoms with Crippen LogP contribution in [0, 0.1) is 0 Å². The number of hydrogen-bond acceptors (Lipinski definition) is 15. The average Bonchev–Trinajstić information content (AvgIpc) is 3.71. The molecule has 0 aliphatic rings. The van der Waals surface area contributed by atoms with Gasteiger partial charge < -0.3 is 84.7 Å². The summed E-state index contributed by atoms with van der Waals surface area (Å²) in [4.78, 5) is 101. The van der Waals surface area contributed by atoms with Crippen molar-refractivity contribution < 1.29 is 64.2 Å². The zero-order chi connectivity index (χ0) is 45.1. The normalized spacial score (nSPS) is 15.5. The maximum Gasteiger partial charge on any atom is 0.326 e. The Kier molecular flexibility index (Phi) is 20.3. The number of nitrogens with two attached hydrogens (primary N) is 3. The lowest BCUT2D eigenvalue weighted by Crippen LogP contribution is -2.63. The third-order valence-electron chi connectivity index (χ3n) is 8.66. The molecule has 0 radical (unpaired) electrons. The smallest absolute Gasteiger partial charge is 0.326 e. The Morgan fingerprint density at radius 1 is 0.717 bits per heavy atom. The fourth-order valence-corrected chi connectivity index (χ4v) is 5.35. The van der Waals surface area contributed by atoms with E-state index < -0.39 is 109 Å². The number of hydrogen-bond donors (Lipinski definition) is 16. The molecular formula is C35H54N12O13. The van der Waals surface area contributed by atoms with E-state index in [0.717, 1.165) is 13.8 Å². The monoisotopic (exact) mass is 850 g/mol. The molecule has 25 heteroatoms. The number of carboxylic acids is 1. The highest BCUT2D eigenvalue weighted by molar-refractivity contribution is 5.97. The Balaban J connectivity index is 2.18. The molecule has 0 aliphatic carbocycles. The molecule has 0 fully saturated rings. The molecule has 0 unspecified atom stereocenters. The lowest BCUT2D eigenvalue weighted by atomic mass is 10.1. The SMILES string of the molecule is C[C@@H](O)[C@H](NC(=O)[C@H](CO)NC(=O)[C@H](Cc1cnc[nH]1)NC(=O)[C@@H](NC(=O)[C@H](CO)NC(=O)[C@@H](N)Cc1ccc(O)cc1)[C@@H](C)O)C(=O)N[C@@H](CCCN=C(N)N)C(=O)O. The number of aromatic nitrogens is 2. The molecule has 1 aromatic heterocycles. The van der Waals surface area contributed by atoms with E-state index in [1.165, 1.54) is 36.8 Å². The molecule has 6 amide bonds. The van der Waals surface area contributed by atoms with Crippen molar-refractivity contribution in [1.82, 2.24) is 41.9 Å². The molecule has 2 rings (SSSR count). The maximum atomic E-state index is 13.6. The summed E-state index contributed by atoms with van der Waals surface area (Å²) in [6, 6.07) is -5.49. The van der Waals surface area contributed by atoms with E-state index in [1.807, 2.05) is 0 Å². The fraction of sp³-hybridized carbons (Fsp3) is 0.514. The quantitative estimate of drug-likeness (QED) is 0.0251. The van der Waals surface area contributed by atoms with Crippen LogP contribution in [-0.2, 0) is 46.4 Å². The van der Waals surface area contributed by atoms with Gasteiger partial charge in [0.1, 0.15) is 42.0 Å². The number of amides is 6. The van der Waals surface area contributed by atoms with Gasteiger partial charge in [-0.1, -0.05) is 12.1 Å². The molecule has 0 saturated carbocycles. The first kappa shape index (κ1) is 49.7. The van der Waals surface area contributed by atoms with Gasteiger partial charge >= 0.3 is 5.97 Å². The molecule has 0 aliphatic heterocycles. The number of guanidine groups is 1. The van der Waals surface area contributed by atoms with Crippen LogP contribution in [0.25, 0.3) is 0 Å². The Morgan fingerprint density at radius 2 is 1.20 bits per heavy atom. The summed E-state index contributed by atoms with van der Waals surface area (Å²) in [5.41, 5.74) is 17.3. The number of carbonyl (C=O) groups excluding carboxylic acids is 6. The second kappa shape index (κ2) is 24.5. The van der Waals surface area contributed by atoms with Crippen molar-refractivity contribution in [3.05, 3.63) is 48.0 Å². The predicted octanol–water partition coefficient (Wildman–Crippen LogP) is -6.98. The Morgan fingerprint density at radius 3 is 1.65 bits per heavy atom. The van der Waals surface area contributed by atoms with E-state index in [4.69, 9.17) is 17.2 Å². The fourth-order valence-electron chi connectivity index (χ4n) is 5.35. The third kappa shape index (κ3) is 16.5. The van der Waals surface area contributed by atoms with Gasteiger partial charge in [0, 0.05) is 24.9 Å². The first-order valence-electron chi connectivity index (χ1n) is 18.5. The summed E-state index contributed by atoms with van der Waals surface area (Å²) >= 11 is 0. The number of carboxylic acid groups (broad SMARTS) is 1. The highest BCUT2D eigenvalue weighted by Crippen LogP contribution is 2.11. The topological polar surface area (TPSA) is 432 Å². The molecule has 1 aromatic carbocycles. The highest BCUT2D eigenvalue weighted by Gasteiger charge is 2.36. The van der Waals surface area contributed by atoms with Gasteiger partial charge in [-0.05, 0) is 50.8 Å². The molecule has 2 aromatic rings. The van der Waals surface area contributed by atoms with E-state index >= 15 is 0 Å². The number of phenolic OH excluding ortho intramolecular Hbond substituents is 1. The lowest BCUT2D eigenvalue weighted by Gasteiger charge is -2.28. The van der Waals surface area contributed by atoms with Crippen LogP contribution in [0.5, 0.6) is 5.75 Å². The molecule has 0 bridgehead atoms. The van der Waals surface area contributed by atoms with Gasteiger partial charge in [0.2, 0.25) is 35.4 Å². The van der Waals surface area contributed by atoms with E-state index in [2.05, 4.69) is 46.9 Å². The second-order valence-electron chi connectivity index (χ2n) is 13.6.